The molecule has 0 bridgehead atoms. The quantitative estimate of drug-likeness (QED) is 0.663. The third-order valence-corrected chi connectivity index (χ3v) is 2.62. The number of hydrogen-bond donors (Lipinski definition) is 1. The minimum absolute atomic E-state index is 0.306. The lowest BCUT2D eigenvalue weighted by Gasteiger charge is -2.31. The molecule has 0 aliphatic carbocycles. The van der Waals surface area contributed by atoms with Crippen molar-refractivity contribution in [2.45, 2.75) is 40.5 Å². The lowest BCUT2D eigenvalue weighted by atomic mass is 9.75. The standard InChI is InChI=1S/C10H21N/c1-6-7-10(4,5)8(2)9(3)11/h8H,3,6-7,11H2,1-2,4-5H3. The monoisotopic (exact) mass is 155 g/mol. The van der Waals surface area contributed by atoms with Crippen LogP contribution in [0.3, 0.4) is 0 Å². The molecule has 0 saturated heterocycles. The SMILES string of the molecule is C=C(N)C(C)C(C)(C)CCC. The first kappa shape index (κ1) is 10.5. The van der Waals surface area contributed by atoms with Crippen molar-refractivity contribution < 1.29 is 0 Å². The highest BCUT2D eigenvalue weighted by molar-refractivity contribution is 4.98. The summed E-state index contributed by atoms with van der Waals surface area (Å²) in [7, 11) is 0. The van der Waals surface area contributed by atoms with Crippen molar-refractivity contribution in [3.05, 3.63) is 12.3 Å². The molecule has 0 spiro atoms. The van der Waals surface area contributed by atoms with E-state index in [0.717, 1.165) is 5.70 Å². The van der Waals surface area contributed by atoms with Gasteiger partial charge in [0.05, 0.1) is 0 Å². The number of hydrogen-bond acceptors (Lipinski definition) is 1. The van der Waals surface area contributed by atoms with Gasteiger partial charge in [-0.1, -0.05) is 40.7 Å². The fourth-order valence-electron chi connectivity index (χ4n) is 1.36. The second-order valence-electron chi connectivity index (χ2n) is 4.04. The van der Waals surface area contributed by atoms with Crippen LogP contribution < -0.4 is 5.73 Å². The van der Waals surface area contributed by atoms with E-state index >= 15 is 0 Å². The molecule has 0 aromatic heterocycles. The first-order valence-electron chi connectivity index (χ1n) is 4.36. The Morgan fingerprint density at radius 2 is 2.00 bits per heavy atom. The van der Waals surface area contributed by atoms with Gasteiger partial charge in [-0.2, -0.15) is 0 Å². The molecule has 1 heteroatoms. The normalized spacial score (nSPS) is 14.5. The fraction of sp³-hybridized carbons (Fsp3) is 0.800. The van der Waals surface area contributed by atoms with E-state index in [2.05, 4.69) is 34.3 Å². The highest BCUT2D eigenvalue weighted by atomic mass is 14.6. The molecule has 0 aromatic carbocycles. The topological polar surface area (TPSA) is 26.0 Å². The Bertz CT molecular complexity index is 136. The zero-order valence-corrected chi connectivity index (χ0v) is 8.28. The summed E-state index contributed by atoms with van der Waals surface area (Å²) in [5.41, 5.74) is 6.77. The molecule has 1 atom stereocenters. The van der Waals surface area contributed by atoms with Crippen molar-refractivity contribution >= 4 is 0 Å². The molecule has 1 unspecified atom stereocenters. The van der Waals surface area contributed by atoms with Gasteiger partial charge in [0, 0.05) is 11.6 Å². The molecule has 0 aliphatic rings. The molecule has 0 aliphatic heterocycles. The lowest BCUT2D eigenvalue weighted by Crippen LogP contribution is -2.25. The van der Waals surface area contributed by atoms with Gasteiger partial charge in [-0.25, -0.2) is 0 Å². The highest BCUT2D eigenvalue weighted by Gasteiger charge is 2.25. The van der Waals surface area contributed by atoms with Gasteiger partial charge in [-0.15, -0.1) is 0 Å². The zero-order chi connectivity index (χ0) is 9.07. The summed E-state index contributed by atoms with van der Waals surface area (Å²) in [4.78, 5) is 0. The van der Waals surface area contributed by atoms with Crippen molar-refractivity contribution in [1.82, 2.24) is 0 Å². The van der Waals surface area contributed by atoms with Gasteiger partial charge >= 0.3 is 0 Å². The molecule has 66 valence electrons. The first-order chi connectivity index (χ1) is 4.91. The summed E-state index contributed by atoms with van der Waals surface area (Å²) in [6.45, 7) is 12.6. The Hall–Kier alpha value is -0.460. The van der Waals surface area contributed by atoms with Crippen molar-refractivity contribution in [3.63, 3.8) is 0 Å². The lowest BCUT2D eigenvalue weighted by molar-refractivity contribution is 0.240. The van der Waals surface area contributed by atoms with Gasteiger partial charge in [0.2, 0.25) is 0 Å². The Morgan fingerprint density at radius 1 is 1.55 bits per heavy atom. The summed E-state index contributed by atoms with van der Waals surface area (Å²) in [6, 6.07) is 0. The van der Waals surface area contributed by atoms with Crippen LogP contribution in [0.4, 0.5) is 0 Å². The second-order valence-corrected chi connectivity index (χ2v) is 4.04. The van der Waals surface area contributed by atoms with E-state index < -0.39 is 0 Å². The molecule has 0 amide bonds. The molecule has 1 nitrogen and oxygen atoms in total. The van der Waals surface area contributed by atoms with E-state index in [-0.39, 0.29) is 0 Å². The van der Waals surface area contributed by atoms with Crippen molar-refractivity contribution in [2.75, 3.05) is 0 Å². The smallest absolute Gasteiger partial charge is 0.00416 e. The molecule has 0 fully saturated rings. The molecular weight excluding hydrogens is 134 g/mol. The minimum Gasteiger partial charge on any atom is -0.402 e. The summed E-state index contributed by atoms with van der Waals surface area (Å²) in [5, 5.41) is 0. The van der Waals surface area contributed by atoms with Gasteiger partial charge in [0.25, 0.3) is 0 Å². The number of rotatable bonds is 4. The third-order valence-electron chi connectivity index (χ3n) is 2.62. The van der Waals surface area contributed by atoms with E-state index in [1.807, 2.05) is 0 Å². The maximum Gasteiger partial charge on any atom is 0.00416 e. The van der Waals surface area contributed by atoms with E-state index in [0.29, 0.717) is 11.3 Å². The van der Waals surface area contributed by atoms with E-state index in [1.165, 1.54) is 12.8 Å². The van der Waals surface area contributed by atoms with Crippen LogP contribution in [0.2, 0.25) is 0 Å². The number of allylic oxidation sites excluding steroid dienone is 1. The molecule has 2 N–H and O–H groups in total. The summed E-state index contributed by atoms with van der Waals surface area (Å²) in [5.74, 6) is 0.419. The molecule has 0 saturated carbocycles. The maximum absolute atomic E-state index is 5.66. The average Bonchev–Trinajstić information content (AvgIpc) is 1.86. The van der Waals surface area contributed by atoms with Crippen LogP contribution in [0, 0.1) is 11.3 Å². The van der Waals surface area contributed by atoms with Gasteiger partial charge in [0.15, 0.2) is 0 Å². The van der Waals surface area contributed by atoms with Crippen LogP contribution in [0.15, 0.2) is 12.3 Å². The van der Waals surface area contributed by atoms with Crippen LogP contribution in [0.5, 0.6) is 0 Å². The van der Waals surface area contributed by atoms with Crippen molar-refractivity contribution in [1.29, 1.82) is 0 Å². The largest absolute Gasteiger partial charge is 0.402 e. The highest BCUT2D eigenvalue weighted by Crippen LogP contribution is 2.33. The van der Waals surface area contributed by atoms with Gasteiger partial charge in [0.1, 0.15) is 0 Å². The molecular formula is C10H21N. The molecule has 0 aromatic rings. The van der Waals surface area contributed by atoms with Crippen LogP contribution in [0.25, 0.3) is 0 Å². The second kappa shape index (κ2) is 3.80. The van der Waals surface area contributed by atoms with Gasteiger partial charge in [-0.3, -0.25) is 0 Å². The van der Waals surface area contributed by atoms with Gasteiger partial charge < -0.3 is 5.73 Å². The summed E-state index contributed by atoms with van der Waals surface area (Å²) >= 11 is 0. The summed E-state index contributed by atoms with van der Waals surface area (Å²) < 4.78 is 0. The van der Waals surface area contributed by atoms with Crippen molar-refractivity contribution in [2.24, 2.45) is 17.1 Å². The fourth-order valence-corrected chi connectivity index (χ4v) is 1.36. The van der Waals surface area contributed by atoms with E-state index in [9.17, 15) is 0 Å². The number of nitrogens with two attached hydrogens (primary N) is 1. The van der Waals surface area contributed by atoms with Crippen LogP contribution in [-0.2, 0) is 0 Å². The van der Waals surface area contributed by atoms with Gasteiger partial charge in [-0.05, 0) is 11.8 Å². The Labute approximate surface area is 70.7 Å². The summed E-state index contributed by atoms with van der Waals surface area (Å²) in [6.07, 6.45) is 2.43. The average molecular weight is 155 g/mol. The first-order valence-corrected chi connectivity index (χ1v) is 4.36. The van der Waals surface area contributed by atoms with Crippen molar-refractivity contribution in [3.8, 4) is 0 Å². The Morgan fingerprint density at radius 3 is 2.27 bits per heavy atom. The molecule has 0 heterocycles. The van der Waals surface area contributed by atoms with Crippen LogP contribution in [0.1, 0.15) is 40.5 Å². The zero-order valence-electron chi connectivity index (χ0n) is 8.28. The Balaban J connectivity index is 4.16. The molecule has 0 radical (unpaired) electrons. The third kappa shape index (κ3) is 2.96. The Kier molecular flexibility index (Phi) is 3.64. The maximum atomic E-state index is 5.66. The molecule has 0 rings (SSSR count). The van der Waals surface area contributed by atoms with Crippen LogP contribution >= 0.6 is 0 Å². The predicted octanol–water partition coefficient (Wildman–Crippen LogP) is 2.92. The predicted molar refractivity (Wildman–Crippen MR) is 51.2 cm³/mol. The van der Waals surface area contributed by atoms with E-state index in [4.69, 9.17) is 5.73 Å². The van der Waals surface area contributed by atoms with Crippen LogP contribution in [-0.4, -0.2) is 0 Å². The van der Waals surface area contributed by atoms with E-state index in [1.54, 1.807) is 0 Å². The molecule has 11 heavy (non-hydrogen) atoms. The minimum atomic E-state index is 0.306.